The first-order valence-electron chi connectivity index (χ1n) is 14.6. The third-order valence-electron chi connectivity index (χ3n) is 9.71. The van der Waals surface area contributed by atoms with Crippen molar-refractivity contribution in [3.63, 3.8) is 0 Å². The molecule has 4 heterocycles. The minimum Gasteiger partial charge on any atom is -0.481 e. The molecule has 2 bridgehead atoms. The van der Waals surface area contributed by atoms with Crippen molar-refractivity contribution in [1.29, 1.82) is 0 Å². The van der Waals surface area contributed by atoms with Crippen molar-refractivity contribution in [2.45, 2.75) is 50.7 Å². The first kappa shape index (κ1) is 28.0. The maximum Gasteiger partial charge on any atom is 0.338 e. The SMILES string of the molecule is CCOC(=O)C1=C(CN2CCN3C(=O)N(C45CC(C(=O)O)(C4)C5)CC3C2)NC(c2nccs2)=NC1c1cccc(F)c1C. The summed E-state index contributed by atoms with van der Waals surface area (Å²) >= 11 is 1.41. The van der Waals surface area contributed by atoms with E-state index in [0.717, 1.165) is 0 Å². The molecule has 2 saturated heterocycles. The number of aliphatic carboxylic acids is 1. The molecule has 5 fully saturated rings. The minimum atomic E-state index is -0.791. The Kier molecular flexibility index (Phi) is 6.58. The Balaban J connectivity index is 1.17. The second-order valence-electron chi connectivity index (χ2n) is 12.2. The van der Waals surface area contributed by atoms with Crippen LogP contribution in [-0.2, 0) is 14.3 Å². The number of amidine groups is 1. The number of hydrogen-bond acceptors (Lipinski definition) is 9. The standard InChI is InChI=1S/C30H33FN6O5S/c1-3-42-26(38)22-21(33-24(25-32-7-10-43-25)34-23(22)19-5-4-6-20(31)17(19)2)13-35-8-9-36-18(11-35)12-37(28(36)41)30-14-29(15-30,16-30)27(39)40/h4-7,10,18,23H,3,8-9,11-16H2,1-2H3,(H,33,34)(H,39,40). The van der Waals surface area contributed by atoms with Gasteiger partial charge in [0.2, 0.25) is 0 Å². The second kappa shape index (κ2) is 10.1. The summed E-state index contributed by atoms with van der Waals surface area (Å²) in [6.07, 6.45) is 3.28. The lowest BCUT2D eigenvalue weighted by atomic mass is 9.39. The first-order valence-corrected chi connectivity index (χ1v) is 15.5. The van der Waals surface area contributed by atoms with E-state index in [1.54, 1.807) is 32.2 Å². The zero-order valence-electron chi connectivity index (χ0n) is 24.0. The van der Waals surface area contributed by atoms with Crippen LogP contribution in [0, 0.1) is 18.2 Å². The van der Waals surface area contributed by atoms with Gasteiger partial charge in [-0.1, -0.05) is 12.1 Å². The number of benzene rings is 1. The van der Waals surface area contributed by atoms with E-state index >= 15 is 0 Å². The lowest BCUT2D eigenvalue weighted by molar-refractivity contribution is -0.219. The van der Waals surface area contributed by atoms with Gasteiger partial charge in [0.25, 0.3) is 0 Å². The topological polar surface area (TPSA) is 128 Å². The van der Waals surface area contributed by atoms with Gasteiger partial charge in [-0.2, -0.15) is 0 Å². The lowest BCUT2D eigenvalue weighted by Crippen LogP contribution is -2.77. The van der Waals surface area contributed by atoms with Crippen LogP contribution >= 0.6 is 11.3 Å². The molecule has 2 N–H and O–H groups in total. The number of hydrogen-bond donors (Lipinski definition) is 2. The number of halogens is 1. The Bertz CT molecular complexity index is 1550. The third kappa shape index (κ3) is 4.35. The average molecular weight is 609 g/mol. The molecule has 2 aromatic rings. The summed E-state index contributed by atoms with van der Waals surface area (Å²) in [7, 11) is 0. The predicted octanol–water partition coefficient (Wildman–Crippen LogP) is 2.93. The highest BCUT2D eigenvalue weighted by molar-refractivity contribution is 7.11. The Hall–Kier alpha value is -3.84. The summed E-state index contributed by atoms with van der Waals surface area (Å²) in [6.45, 7) is 6.24. The van der Waals surface area contributed by atoms with Crippen LogP contribution in [-0.4, -0.2) is 99.5 Å². The van der Waals surface area contributed by atoms with E-state index in [1.165, 1.54) is 17.4 Å². The van der Waals surface area contributed by atoms with Crippen LogP contribution in [0.4, 0.5) is 9.18 Å². The summed E-state index contributed by atoms with van der Waals surface area (Å²) in [6, 6.07) is 3.95. The fourth-order valence-electron chi connectivity index (χ4n) is 7.55. The van der Waals surface area contributed by atoms with Gasteiger partial charge in [-0.3, -0.25) is 14.7 Å². The fraction of sp³-hybridized carbons (Fsp3) is 0.500. The number of amides is 2. The summed E-state index contributed by atoms with van der Waals surface area (Å²) in [5.41, 5.74) is 0.965. The molecule has 13 heteroatoms. The Morgan fingerprint density at radius 2 is 2.02 bits per heavy atom. The number of rotatable bonds is 8. The molecule has 1 aromatic heterocycles. The number of nitrogens with zero attached hydrogens (tertiary/aromatic N) is 5. The zero-order valence-corrected chi connectivity index (χ0v) is 24.8. The number of piperazine rings is 1. The number of carbonyl (C=O) groups is 3. The molecule has 8 rings (SSSR count). The Morgan fingerprint density at radius 1 is 1.23 bits per heavy atom. The van der Waals surface area contributed by atoms with Crippen LogP contribution in [0.2, 0.25) is 0 Å². The third-order valence-corrected chi connectivity index (χ3v) is 10.5. The number of carboxylic acid groups (broad SMARTS) is 1. The number of nitrogens with one attached hydrogen (secondary N) is 1. The van der Waals surface area contributed by atoms with Crippen molar-refractivity contribution in [3.8, 4) is 0 Å². The van der Waals surface area contributed by atoms with E-state index in [0.29, 0.717) is 85.2 Å². The smallest absolute Gasteiger partial charge is 0.338 e. The van der Waals surface area contributed by atoms with E-state index in [9.17, 15) is 23.9 Å². The van der Waals surface area contributed by atoms with Crippen LogP contribution in [0.15, 0.2) is 46.0 Å². The molecular weight excluding hydrogens is 575 g/mol. The van der Waals surface area contributed by atoms with E-state index in [1.807, 2.05) is 15.2 Å². The average Bonchev–Trinajstić information content (AvgIpc) is 3.57. The van der Waals surface area contributed by atoms with Crippen LogP contribution in [0.1, 0.15) is 48.4 Å². The van der Waals surface area contributed by atoms with Crippen LogP contribution in [0.25, 0.3) is 0 Å². The van der Waals surface area contributed by atoms with E-state index in [2.05, 4.69) is 15.2 Å². The Labute approximate surface area is 252 Å². The molecule has 3 aliphatic heterocycles. The molecule has 1 aromatic carbocycles. The van der Waals surface area contributed by atoms with Gasteiger partial charge < -0.3 is 25.0 Å². The van der Waals surface area contributed by atoms with Gasteiger partial charge in [0, 0.05) is 55.5 Å². The van der Waals surface area contributed by atoms with Gasteiger partial charge in [-0.05, 0) is 50.3 Å². The van der Waals surface area contributed by atoms with Crippen molar-refractivity contribution in [2.75, 3.05) is 39.3 Å². The Morgan fingerprint density at radius 3 is 2.72 bits per heavy atom. The number of ether oxygens (including phenoxy) is 1. The van der Waals surface area contributed by atoms with Crippen molar-refractivity contribution < 1.29 is 28.6 Å². The molecule has 0 radical (unpaired) electrons. The predicted molar refractivity (Wildman–Crippen MR) is 155 cm³/mol. The second-order valence-corrected chi connectivity index (χ2v) is 13.1. The highest BCUT2D eigenvalue weighted by Gasteiger charge is 2.76. The number of urea groups is 1. The molecule has 226 valence electrons. The fourth-order valence-corrected chi connectivity index (χ4v) is 8.13. The summed E-state index contributed by atoms with van der Waals surface area (Å²) in [5, 5.41) is 15.4. The highest BCUT2D eigenvalue weighted by Crippen LogP contribution is 2.70. The maximum atomic E-state index is 14.7. The lowest BCUT2D eigenvalue weighted by Gasteiger charge is -2.70. The van der Waals surface area contributed by atoms with E-state index < -0.39 is 23.4 Å². The van der Waals surface area contributed by atoms with Gasteiger partial charge in [0.05, 0.1) is 23.6 Å². The number of fused-ring (bicyclic) bond motifs is 1. The van der Waals surface area contributed by atoms with Gasteiger partial charge in [-0.25, -0.2) is 19.0 Å². The van der Waals surface area contributed by atoms with Gasteiger partial charge in [0.1, 0.15) is 11.9 Å². The zero-order chi connectivity index (χ0) is 30.1. The quantitative estimate of drug-likeness (QED) is 0.438. The van der Waals surface area contributed by atoms with Crippen molar-refractivity contribution in [1.82, 2.24) is 25.0 Å². The molecule has 43 heavy (non-hydrogen) atoms. The number of carbonyl (C=O) groups excluding carboxylic acids is 2. The van der Waals surface area contributed by atoms with Crippen LogP contribution < -0.4 is 5.32 Å². The summed E-state index contributed by atoms with van der Waals surface area (Å²) < 4.78 is 20.2. The van der Waals surface area contributed by atoms with Gasteiger partial charge >= 0.3 is 18.0 Å². The molecule has 6 aliphatic rings. The number of esters is 1. The number of thiazole rings is 1. The normalized spacial score (nSPS) is 29.8. The molecule has 2 unspecified atom stereocenters. The molecule has 2 amide bonds. The summed E-state index contributed by atoms with van der Waals surface area (Å²) in [5.74, 6) is -1.15. The monoisotopic (exact) mass is 608 g/mol. The number of carboxylic acids is 1. The highest BCUT2D eigenvalue weighted by atomic mass is 32.1. The minimum absolute atomic E-state index is 0.00890. The molecule has 2 atom stereocenters. The first-order chi connectivity index (χ1) is 20.6. The van der Waals surface area contributed by atoms with Crippen LogP contribution in [0.5, 0.6) is 0 Å². The number of aliphatic imine (C=N–C) groups is 1. The largest absolute Gasteiger partial charge is 0.481 e. The van der Waals surface area contributed by atoms with E-state index in [4.69, 9.17) is 9.73 Å². The number of aromatic nitrogens is 1. The van der Waals surface area contributed by atoms with Crippen LogP contribution in [0.3, 0.4) is 0 Å². The van der Waals surface area contributed by atoms with Crippen molar-refractivity contribution in [3.05, 3.63) is 63.0 Å². The van der Waals surface area contributed by atoms with Crippen molar-refractivity contribution >= 4 is 35.1 Å². The molecule has 11 nitrogen and oxygen atoms in total. The van der Waals surface area contributed by atoms with E-state index in [-0.39, 0.29) is 30.0 Å². The molecule has 3 saturated carbocycles. The maximum absolute atomic E-state index is 14.7. The van der Waals surface area contributed by atoms with Gasteiger partial charge in [-0.15, -0.1) is 11.3 Å². The van der Waals surface area contributed by atoms with Crippen molar-refractivity contribution in [2.24, 2.45) is 10.4 Å². The molecule has 0 spiro atoms. The molecule has 3 aliphatic carbocycles. The summed E-state index contributed by atoms with van der Waals surface area (Å²) in [4.78, 5) is 53.8. The van der Waals surface area contributed by atoms with Gasteiger partial charge in [0.15, 0.2) is 10.8 Å². The molecular formula is C30H33FN6O5S.